The monoisotopic (exact) mass is 343 g/mol. The molecule has 0 saturated heterocycles. The topological polar surface area (TPSA) is 83.6 Å². The zero-order valence-corrected chi connectivity index (χ0v) is 14.4. The van der Waals surface area contributed by atoms with Gasteiger partial charge in [-0.3, -0.25) is 10.1 Å². The number of aryl methyl sites for hydroxylation is 2. The quantitative estimate of drug-likeness (QED) is 0.591. The minimum atomic E-state index is -0.258. The lowest BCUT2D eigenvalue weighted by atomic mass is 9.99. The average molecular weight is 343 g/mol. The van der Waals surface area contributed by atoms with Gasteiger partial charge in [-0.25, -0.2) is 10.1 Å². The number of rotatable bonds is 3. The Morgan fingerprint density at radius 1 is 1.08 bits per heavy atom. The molecule has 0 bridgehead atoms. The SMILES string of the molecule is Cc1ccc(-c2cc(C(=O)Nc3ncn[nH]3)c3ccccc3n2)c(C)c1. The number of nitrogens with one attached hydrogen (secondary N) is 2. The summed E-state index contributed by atoms with van der Waals surface area (Å²) >= 11 is 0. The maximum absolute atomic E-state index is 12.8. The van der Waals surface area contributed by atoms with Gasteiger partial charge in [-0.05, 0) is 31.5 Å². The predicted molar refractivity (Wildman–Crippen MR) is 101 cm³/mol. The molecule has 2 N–H and O–H groups in total. The summed E-state index contributed by atoms with van der Waals surface area (Å²) in [6.45, 7) is 4.11. The highest BCUT2D eigenvalue weighted by Gasteiger charge is 2.15. The molecule has 0 spiro atoms. The molecular formula is C20H17N5O. The number of fused-ring (bicyclic) bond motifs is 1. The third-order valence-electron chi connectivity index (χ3n) is 4.27. The van der Waals surface area contributed by atoms with E-state index in [0.29, 0.717) is 11.5 Å². The van der Waals surface area contributed by atoms with Crippen molar-refractivity contribution in [1.82, 2.24) is 20.2 Å². The van der Waals surface area contributed by atoms with Crippen LogP contribution in [0.3, 0.4) is 0 Å². The maximum Gasteiger partial charge on any atom is 0.258 e. The molecular weight excluding hydrogens is 326 g/mol. The smallest absolute Gasteiger partial charge is 0.258 e. The molecule has 0 saturated carbocycles. The molecule has 0 aliphatic heterocycles. The number of pyridine rings is 1. The van der Waals surface area contributed by atoms with E-state index in [2.05, 4.69) is 33.5 Å². The number of H-pyrrole nitrogens is 1. The first-order valence-electron chi connectivity index (χ1n) is 8.26. The van der Waals surface area contributed by atoms with E-state index >= 15 is 0 Å². The van der Waals surface area contributed by atoms with Crippen molar-refractivity contribution in [3.05, 3.63) is 71.5 Å². The molecule has 0 aliphatic carbocycles. The number of nitrogens with zero attached hydrogens (tertiary/aromatic N) is 3. The van der Waals surface area contributed by atoms with Crippen molar-refractivity contribution in [2.75, 3.05) is 5.32 Å². The highest BCUT2D eigenvalue weighted by atomic mass is 16.1. The summed E-state index contributed by atoms with van der Waals surface area (Å²) in [6.07, 6.45) is 1.35. The molecule has 26 heavy (non-hydrogen) atoms. The van der Waals surface area contributed by atoms with Crippen LogP contribution in [0.2, 0.25) is 0 Å². The Balaban J connectivity index is 1.87. The van der Waals surface area contributed by atoms with Crippen LogP contribution >= 0.6 is 0 Å². The lowest BCUT2D eigenvalue weighted by Gasteiger charge is -2.11. The molecule has 4 aromatic rings. The van der Waals surface area contributed by atoms with Gasteiger partial charge in [0.05, 0.1) is 16.8 Å². The van der Waals surface area contributed by atoms with Crippen molar-refractivity contribution >= 4 is 22.8 Å². The van der Waals surface area contributed by atoms with E-state index in [4.69, 9.17) is 4.98 Å². The summed E-state index contributed by atoms with van der Waals surface area (Å²) in [6, 6.07) is 15.6. The Morgan fingerprint density at radius 2 is 1.92 bits per heavy atom. The van der Waals surface area contributed by atoms with Crippen LogP contribution in [-0.2, 0) is 0 Å². The number of aromatic nitrogens is 4. The molecule has 2 aromatic carbocycles. The molecule has 4 rings (SSSR count). The second kappa shape index (κ2) is 6.40. The molecule has 0 radical (unpaired) electrons. The van der Waals surface area contributed by atoms with Gasteiger partial charge in [-0.15, -0.1) is 0 Å². The van der Waals surface area contributed by atoms with Gasteiger partial charge < -0.3 is 0 Å². The second-order valence-corrected chi connectivity index (χ2v) is 6.18. The molecule has 0 aliphatic rings. The fourth-order valence-corrected chi connectivity index (χ4v) is 3.04. The summed E-state index contributed by atoms with van der Waals surface area (Å²) < 4.78 is 0. The average Bonchev–Trinajstić information content (AvgIpc) is 3.13. The number of carbonyl (C=O) groups excluding carboxylic acids is 1. The Hall–Kier alpha value is -3.54. The van der Waals surface area contributed by atoms with E-state index in [1.807, 2.05) is 49.4 Å². The zero-order chi connectivity index (χ0) is 18.1. The fraction of sp³-hybridized carbons (Fsp3) is 0.100. The molecule has 0 fully saturated rings. The van der Waals surface area contributed by atoms with Crippen molar-refractivity contribution in [2.24, 2.45) is 0 Å². The summed E-state index contributed by atoms with van der Waals surface area (Å²) in [7, 11) is 0. The molecule has 1 amide bonds. The minimum Gasteiger partial charge on any atom is -0.291 e. The molecule has 0 atom stereocenters. The number of para-hydroxylation sites is 1. The van der Waals surface area contributed by atoms with Crippen LogP contribution in [-0.4, -0.2) is 26.1 Å². The molecule has 6 heteroatoms. The van der Waals surface area contributed by atoms with E-state index in [0.717, 1.165) is 27.7 Å². The normalized spacial score (nSPS) is 10.8. The predicted octanol–water partition coefficient (Wildman–Crippen LogP) is 3.89. The van der Waals surface area contributed by atoms with Crippen LogP contribution in [0.15, 0.2) is 54.9 Å². The van der Waals surface area contributed by atoms with Crippen LogP contribution in [0.5, 0.6) is 0 Å². The molecule has 128 valence electrons. The number of benzene rings is 2. The van der Waals surface area contributed by atoms with Gasteiger partial charge >= 0.3 is 0 Å². The van der Waals surface area contributed by atoms with E-state index in [9.17, 15) is 4.79 Å². The summed E-state index contributed by atoms with van der Waals surface area (Å²) in [5, 5.41) is 9.92. The van der Waals surface area contributed by atoms with Crippen LogP contribution in [0.4, 0.5) is 5.95 Å². The zero-order valence-electron chi connectivity index (χ0n) is 14.4. The van der Waals surface area contributed by atoms with Crippen molar-refractivity contribution in [2.45, 2.75) is 13.8 Å². The Bertz CT molecular complexity index is 1100. The number of amides is 1. The summed E-state index contributed by atoms with van der Waals surface area (Å²) in [5.74, 6) is 0.0512. The molecule has 6 nitrogen and oxygen atoms in total. The molecule has 2 aromatic heterocycles. The summed E-state index contributed by atoms with van der Waals surface area (Å²) in [5.41, 5.74) is 5.40. The molecule has 2 heterocycles. The van der Waals surface area contributed by atoms with E-state index in [-0.39, 0.29) is 5.91 Å². The highest BCUT2D eigenvalue weighted by molar-refractivity contribution is 6.12. The van der Waals surface area contributed by atoms with Crippen molar-refractivity contribution in [3.8, 4) is 11.3 Å². The van der Waals surface area contributed by atoms with Crippen molar-refractivity contribution in [1.29, 1.82) is 0 Å². The van der Waals surface area contributed by atoms with Gasteiger partial charge in [0.15, 0.2) is 0 Å². The van der Waals surface area contributed by atoms with Gasteiger partial charge in [0.1, 0.15) is 6.33 Å². The minimum absolute atomic E-state index is 0.258. The first-order valence-corrected chi connectivity index (χ1v) is 8.26. The largest absolute Gasteiger partial charge is 0.291 e. The number of anilines is 1. The van der Waals surface area contributed by atoms with Gasteiger partial charge in [0.25, 0.3) is 5.91 Å². The number of carbonyl (C=O) groups is 1. The Morgan fingerprint density at radius 3 is 2.69 bits per heavy atom. The van der Waals surface area contributed by atoms with Crippen LogP contribution in [0.1, 0.15) is 21.5 Å². The van der Waals surface area contributed by atoms with Gasteiger partial charge in [0.2, 0.25) is 5.95 Å². The number of hydrogen-bond donors (Lipinski definition) is 2. The van der Waals surface area contributed by atoms with Crippen LogP contribution in [0.25, 0.3) is 22.2 Å². The maximum atomic E-state index is 12.8. The Kier molecular flexibility index (Phi) is 3.93. The number of hydrogen-bond acceptors (Lipinski definition) is 4. The highest BCUT2D eigenvalue weighted by Crippen LogP contribution is 2.28. The van der Waals surface area contributed by atoms with E-state index < -0.39 is 0 Å². The van der Waals surface area contributed by atoms with Gasteiger partial charge in [-0.2, -0.15) is 10.1 Å². The third-order valence-corrected chi connectivity index (χ3v) is 4.27. The lowest BCUT2D eigenvalue weighted by molar-refractivity contribution is 0.102. The third kappa shape index (κ3) is 2.93. The van der Waals surface area contributed by atoms with E-state index in [1.165, 1.54) is 11.9 Å². The standard InChI is InChI=1S/C20H17N5O/c1-12-7-8-14(13(2)9-12)18-10-16(15-5-3-4-6-17(15)23-18)19(26)24-20-21-11-22-25-20/h3-11H,1-2H3,(H2,21,22,24,25,26). The van der Waals surface area contributed by atoms with Crippen molar-refractivity contribution < 1.29 is 4.79 Å². The molecule has 0 unspecified atom stereocenters. The summed E-state index contributed by atoms with van der Waals surface area (Å²) in [4.78, 5) is 21.5. The van der Waals surface area contributed by atoms with Crippen molar-refractivity contribution in [3.63, 3.8) is 0 Å². The van der Waals surface area contributed by atoms with Gasteiger partial charge in [-0.1, -0.05) is 42.0 Å². The van der Waals surface area contributed by atoms with E-state index in [1.54, 1.807) is 0 Å². The Labute approximate surface area is 150 Å². The fourth-order valence-electron chi connectivity index (χ4n) is 3.04. The van der Waals surface area contributed by atoms with Crippen LogP contribution in [0, 0.1) is 13.8 Å². The first-order chi connectivity index (χ1) is 12.6. The van der Waals surface area contributed by atoms with Crippen LogP contribution < -0.4 is 5.32 Å². The lowest BCUT2D eigenvalue weighted by Crippen LogP contribution is -2.14. The first kappa shape index (κ1) is 16.0. The van der Waals surface area contributed by atoms with Gasteiger partial charge in [0, 0.05) is 10.9 Å². The second-order valence-electron chi connectivity index (χ2n) is 6.18. The number of aromatic amines is 1.